The molecule has 0 aromatic heterocycles. The minimum atomic E-state index is 0.955. The zero-order valence-electron chi connectivity index (χ0n) is 9.32. The first-order valence-electron chi connectivity index (χ1n) is 6.60. The van der Waals surface area contributed by atoms with Crippen LogP contribution in [0.15, 0.2) is 0 Å². The smallest absolute Gasteiger partial charge is 0.0318 e. The molecule has 0 N–H and O–H groups in total. The van der Waals surface area contributed by atoms with Gasteiger partial charge in [0.25, 0.3) is 0 Å². The van der Waals surface area contributed by atoms with Crippen molar-refractivity contribution in [2.24, 2.45) is 47.3 Å². The van der Waals surface area contributed by atoms with Crippen molar-refractivity contribution >= 4 is 0 Å². The van der Waals surface area contributed by atoms with E-state index in [1.807, 2.05) is 0 Å². The van der Waals surface area contributed by atoms with Gasteiger partial charge in [-0.05, 0) is 73.0 Å². The topological polar surface area (TPSA) is 0 Å². The van der Waals surface area contributed by atoms with Gasteiger partial charge < -0.3 is 0 Å². The van der Waals surface area contributed by atoms with Gasteiger partial charge in [0.05, 0.1) is 0 Å². The van der Waals surface area contributed by atoms with E-state index in [0.717, 1.165) is 41.4 Å². The van der Waals surface area contributed by atoms with Crippen LogP contribution in [0, 0.1) is 53.8 Å². The number of rotatable bonds is 0. The lowest BCUT2D eigenvalue weighted by Crippen LogP contribution is -2.34. The lowest BCUT2D eigenvalue weighted by Gasteiger charge is -2.39. The molecule has 0 aliphatic heterocycles. The molecule has 77 valence electrons. The molecule has 8 unspecified atom stereocenters. The average Bonchev–Trinajstić information content (AvgIpc) is 2.78. The zero-order valence-corrected chi connectivity index (χ0v) is 9.32. The van der Waals surface area contributed by atoms with Gasteiger partial charge in [-0.15, -0.1) is 0 Å². The van der Waals surface area contributed by atoms with Crippen molar-refractivity contribution in [3.63, 3.8) is 0 Å². The fraction of sp³-hybridized carbons (Fsp3) is 0.929. The third-order valence-corrected chi connectivity index (χ3v) is 6.22. The van der Waals surface area contributed by atoms with E-state index in [-0.39, 0.29) is 0 Å². The van der Waals surface area contributed by atoms with Gasteiger partial charge in [0.1, 0.15) is 0 Å². The van der Waals surface area contributed by atoms with Crippen LogP contribution in [0.3, 0.4) is 0 Å². The van der Waals surface area contributed by atoms with Gasteiger partial charge in [-0.2, -0.15) is 0 Å². The molecule has 0 amide bonds. The molecule has 0 aromatic rings. The van der Waals surface area contributed by atoms with E-state index in [1.54, 1.807) is 19.3 Å². The first-order chi connectivity index (χ1) is 6.75. The van der Waals surface area contributed by atoms with Gasteiger partial charge in [-0.25, -0.2) is 0 Å². The first-order valence-corrected chi connectivity index (χ1v) is 6.60. The van der Waals surface area contributed by atoms with Crippen molar-refractivity contribution in [2.45, 2.75) is 33.1 Å². The van der Waals surface area contributed by atoms with E-state index in [0.29, 0.717) is 0 Å². The van der Waals surface area contributed by atoms with Crippen LogP contribution in [0.5, 0.6) is 0 Å². The van der Waals surface area contributed by atoms with Crippen molar-refractivity contribution in [3.8, 4) is 0 Å². The van der Waals surface area contributed by atoms with Gasteiger partial charge in [-0.3, -0.25) is 0 Å². The zero-order chi connectivity index (χ0) is 9.45. The summed E-state index contributed by atoms with van der Waals surface area (Å²) in [5.74, 6) is 8.74. The molecular formula is C14H21. The highest BCUT2D eigenvalue weighted by Crippen LogP contribution is 2.69. The van der Waals surface area contributed by atoms with Crippen molar-refractivity contribution < 1.29 is 0 Å². The molecule has 0 aromatic carbocycles. The second-order valence-electron chi connectivity index (χ2n) is 6.64. The van der Waals surface area contributed by atoms with E-state index in [2.05, 4.69) is 20.3 Å². The summed E-state index contributed by atoms with van der Waals surface area (Å²) in [5, 5.41) is 0. The molecule has 4 rings (SSSR count). The second-order valence-corrected chi connectivity index (χ2v) is 6.64. The molecule has 4 aliphatic rings. The largest absolute Gasteiger partial charge is 0.0622 e. The Labute approximate surface area is 87.5 Å². The highest BCUT2D eigenvalue weighted by molar-refractivity contribution is 5.16. The predicted molar refractivity (Wildman–Crippen MR) is 57.4 cm³/mol. The summed E-state index contributed by atoms with van der Waals surface area (Å²) < 4.78 is 0. The average molecular weight is 189 g/mol. The van der Waals surface area contributed by atoms with Gasteiger partial charge in [0.2, 0.25) is 0 Å². The van der Waals surface area contributed by atoms with Crippen molar-refractivity contribution in [2.75, 3.05) is 0 Å². The summed E-state index contributed by atoms with van der Waals surface area (Å²) in [7, 11) is 0. The third-order valence-electron chi connectivity index (χ3n) is 6.22. The van der Waals surface area contributed by atoms with E-state index in [9.17, 15) is 0 Å². The summed E-state index contributed by atoms with van der Waals surface area (Å²) >= 11 is 0. The van der Waals surface area contributed by atoms with E-state index in [1.165, 1.54) is 5.92 Å². The van der Waals surface area contributed by atoms with Crippen LogP contribution in [0.2, 0.25) is 0 Å². The van der Waals surface area contributed by atoms with Gasteiger partial charge in [0.15, 0.2) is 0 Å². The Balaban J connectivity index is 1.72. The first kappa shape index (κ1) is 8.19. The van der Waals surface area contributed by atoms with Crippen LogP contribution in [-0.4, -0.2) is 0 Å². The second kappa shape index (κ2) is 2.39. The molecule has 0 nitrogen and oxygen atoms in total. The normalized spacial score (nSPS) is 69.0. The van der Waals surface area contributed by atoms with Crippen LogP contribution >= 0.6 is 0 Å². The SMILES string of the molecule is CC1[CH]C2CC1C1C3CC(C)C(C3)C21. The fourth-order valence-electron chi connectivity index (χ4n) is 5.95. The van der Waals surface area contributed by atoms with Crippen LogP contribution in [0.1, 0.15) is 33.1 Å². The molecule has 4 saturated carbocycles. The maximum absolute atomic E-state index is 2.71. The maximum atomic E-state index is 2.71. The molecule has 0 heterocycles. The summed E-state index contributed by atoms with van der Waals surface area (Å²) in [6.45, 7) is 4.98. The lowest BCUT2D eigenvalue weighted by atomic mass is 9.65. The quantitative estimate of drug-likeness (QED) is 0.512. The van der Waals surface area contributed by atoms with Crippen LogP contribution < -0.4 is 0 Å². The van der Waals surface area contributed by atoms with Crippen molar-refractivity contribution in [3.05, 3.63) is 6.42 Å². The Morgan fingerprint density at radius 2 is 1.79 bits per heavy atom. The van der Waals surface area contributed by atoms with E-state index in [4.69, 9.17) is 0 Å². The number of fused-ring (bicyclic) bond motifs is 9. The third kappa shape index (κ3) is 0.750. The summed E-state index contributed by atoms with van der Waals surface area (Å²) in [6.07, 6.45) is 7.45. The highest BCUT2D eigenvalue weighted by Gasteiger charge is 2.62. The molecule has 0 saturated heterocycles. The highest BCUT2D eigenvalue weighted by atomic mass is 14.7. The molecule has 4 fully saturated rings. The Kier molecular flexibility index (Phi) is 1.40. The van der Waals surface area contributed by atoms with Crippen molar-refractivity contribution in [1.82, 2.24) is 0 Å². The Hall–Kier alpha value is 0. The molecular weight excluding hydrogens is 168 g/mol. The minimum Gasteiger partial charge on any atom is -0.0622 e. The Morgan fingerprint density at radius 1 is 0.929 bits per heavy atom. The number of hydrogen-bond acceptors (Lipinski definition) is 0. The van der Waals surface area contributed by atoms with E-state index < -0.39 is 0 Å². The Morgan fingerprint density at radius 3 is 2.64 bits per heavy atom. The predicted octanol–water partition coefficient (Wildman–Crippen LogP) is 3.38. The molecule has 0 heteroatoms. The monoisotopic (exact) mass is 189 g/mol. The van der Waals surface area contributed by atoms with Crippen LogP contribution in [0.4, 0.5) is 0 Å². The van der Waals surface area contributed by atoms with Crippen LogP contribution in [0.25, 0.3) is 0 Å². The molecule has 0 spiro atoms. The molecule has 8 atom stereocenters. The molecule has 1 radical (unpaired) electrons. The summed E-state index contributed by atoms with van der Waals surface area (Å²) in [6, 6.07) is 0. The number of hydrogen-bond donors (Lipinski definition) is 0. The van der Waals surface area contributed by atoms with Gasteiger partial charge in [-0.1, -0.05) is 13.8 Å². The molecule has 4 bridgehead atoms. The summed E-state index contributed by atoms with van der Waals surface area (Å²) in [5.41, 5.74) is 0. The standard InChI is InChI=1S/C14H21/c1-7-3-9-5-11(7)13-10-4-8(2)12(6-10)14(9)13/h3,7-14H,4-6H2,1-2H3. The summed E-state index contributed by atoms with van der Waals surface area (Å²) in [4.78, 5) is 0. The lowest BCUT2D eigenvalue weighted by molar-refractivity contribution is 0.112. The van der Waals surface area contributed by atoms with Crippen molar-refractivity contribution in [1.29, 1.82) is 0 Å². The van der Waals surface area contributed by atoms with Gasteiger partial charge >= 0.3 is 0 Å². The van der Waals surface area contributed by atoms with Gasteiger partial charge in [0, 0.05) is 0 Å². The fourth-order valence-corrected chi connectivity index (χ4v) is 5.95. The molecule has 14 heavy (non-hydrogen) atoms. The molecule has 4 aliphatic carbocycles. The van der Waals surface area contributed by atoms with E-state index >= 15 is 0 Å². The minimum absolute atomic E-state index is 0.955. The Bertz CT molecular complexity index is 241. The van der Waals surface area contributed by atoms with Crippen LogP contribution in [-0.2, 0) is 0 Å². The maximum Gasteiger partial charge on any atom is -0.0318 e.